The van der Waals surface area contributed by atoms with Crippen molar-refractivity contribution in [1.29, 1.82) is 0 Å². The Morgan fingerprint density at radius 2 is 1.17 bits per heavy atom. The van der Waals surface area contributed by atoms with Crippen molar-refractivity contribution in [3.63, 3.8) is 0 Å². The molecule has 0 N–H and O–H groups in total. The first-order valence-electron chi connectivity index (χ1n) is 0.667. The van der Waals surface area contributed by atoms with Gasteiger partial charge < -0.3 is 0 Å². The van der Waals surface area contributed by atoms with Crippen LogP contribution in [0.25, 0.3) is 0 Å². The third-order valence-electron chi connectivity index (χ3n) is 0. The van der Waals surface area contributed by atoms with Gasteiger partial charge in [-0.05, 0) is 0 Å². The normalized spacial score (nSPS) is 9.67. The quantitative estimate of drug-likeness (QED) is 0.392. The summed E-state index contributed by atoms with van der Waals surface area (Å²) in [6.07, 6.45) is 0. The molecule has 0 fully saturated rings. The molecule has 6 heavy (non-hydrogen) atoms. The van der Waals surface area contributed by atoms with Crippen LogP contribution >= 0.6 is 0 Å². The van der Waals surface area contributed by atoms with Gasteiger partial charge in [0.25, 0.3) is 0 Å². The van der Waals surface area contributed by atoms with E-state index in [4.69, 9.17) is 16.0 Å². The van der Waals surface area contributed by atoms with Gasteiger partial charge in [-0.25, -0.2) is 0 Å². The molecule has 0 saturated carbocycles. The summed E-state index contributed by atoms with van der Waals surface area (Å²) in [5, 5.41) is 0. The Kier molecular flexibility index (Phi) is 4.32. The molecule has 0 bridgehead atoms. The van der Waals surface area contributed by atoms with Gasteiger partial charge in [0, 0.05) is 0 Å². The second-order valence-corrected chi connectivity index (χ2v) is 2.12. The van der Waals surface area contributed by atoms with E-state index in [0.717, 1.165) is 0 Å². The predicted octanol–water partition coefficient (Wildman–Crippen LogP) is -3.00. The van der Waals surface area contributed by atoms with E-state index in [0.29, 0.717) is 0 Å². The fourth-order valence-electron chi connectivity index (χ4n) is 0. The molecule has 0 amide bonds. The van der Waals surface area contributed by atoms with E-state index in [2.05, 4.69) is 0 Å². The summed E-state index contributed by atoms with van der Waals surface area (Å²) in [5.74, 6) is 0. The van der Waals surface area contributed by atoms with Gasteiger partial charge in [-0.3, -0.25) is 0 Å². The molecule has 6 heteroatoms. The van der Waals surface area contributed by atoms with Gasteiger partial charge >= 0.3 is 45.9 Å². The van der Waals surface area contributed by atoms with Crippen LogP contribution in [0.1, 0.15) is 0 Å². The molecule has 0 rings (SSSR count). The first-order valence-corrected chi connectivity index (χ1v) is 3.46. The maximum absolute atomic E-state index is 8.59. The van der Waals surface area contributed by atoms with E-state index in [1.54, 1.807) is 0 Å². The Morgan fingerprint density at radius 3 is 1.17 bits per heavy atom. The third kappa shape index (κ3) is 199. The zero-order valence-electron chi connectivity index (χ0n) is 2.36. The van der Waals surface area contributed by atoms with Crippen LogP contribution in [-0.4, -0.2) is 13.4 Å². The largest absolute Gasteiger partial charge is 2.00 e. The summed E-state index contributed by atoms with van der Waals surface area (Å²) in [5.41, 5.74) is 0. The molecule has 0 saturated heterocycles. The Morgan fingerprint density at radius 1 is 1.17 bits per heavy atom. The second kappa shape index (κ2) is 2.66. The molecule has 0 aromatic rings. The molecule has 0 aromatic carbocycles. The van der Waals surface area contributed by atoms with E-state index >= 15 is 0 Å². The molecular weight excluding hydrogens is 202 g/mol. The fourth-order valence-corrected chi connectivity index (χ4v) is 0. The van der Waals surface area contributed by atoms with Crippen molar-refractivity contribution in [3.8, 4) is 0 Å². The van der Waals surface area contributed by atoms with Crippen LogP contribution in [0.2, 0.25) is 0 Å². The number of hydrogen-bond acceptors (Lipinski definition) is 4. The van der Waals surface area contributed by atoms with Gasteiger partial charge in [0.05, 0.1) is 0 Å². The molecule has 40 valence electrons. The predicted molar refractivity (Wildman–Crippen MR) is 7.13 cm³/mol. The molecule has 0 spiro atoms. The van der Waals surface area contributed by atoms with Gasteiger partial charge in [-0.15, -0.1) is 0 Å². The van der Waals surface area contributed by atoms with Crippen molar-refractivity contribution in [2.24, 2.45) is 0 Å². The first kappa shape index (κ1) is 9.73. The zero-order chi connectivity index (χ0) is 4.50. The van der Waals surface area contributed by atoms with E-state index < -0.39 is 13.4 Å². The average Bonchev–Trinajstić information content (AvgIpc) is 0.722. The van der Waals surface area contributed by atoms with Crippen LogP contribution in [0, 0.1) is 0 Å². The van der Waals surface area contributed by atoms with Crippen molar-refractivity contribution >= 4 is 13.4 Å². The molecule has 4 nitrogen and oxygen atoms in total. The number of rotatable bonds is 0. The van der Waals surface area contributed by atoms with Crippen LogP contribution < -0.4 is 8.38 Å². The summed E-state index contributed by atoms with van der Waals surface area (Å²) in [6.45, 7) is 0. The number of hydrogen-bond donors (Lipinski definition) is 0. The van der Waals surface area contributed by atoms with Crippen LogP contribution in [0.4, 0.5) is 0 Å². The minimum atomic E-state index is -5.75. The Balaban J connectivity index is 0. The van der Waals surface area contributed by atoms with Crippen molar-refractivity contribution in [2.45, 2.75) is 0 Å². The van der Waals surface area contributed by atoms with E-state index in [9.17, 15) is 0 Å². The first-order chi connectivity index (χ1) is 2.00. The molecule has 0 aliphatic carbocycles. The summed E-state index contributed by atoms with van der Waals surface area (Å²) in [6, 6.07) is 0. The van der Waals surface area contributed by atoms with Gasteiger partial charge in [0.2, 0.25) is 0 Å². The van der Waals surface area contributed by atoms with Crippen molar-refractivity contribution < 1.29 is 32.5 Å². The van der Waals surface area contributed by atoms with Crippen LogP contribution in [0.5, 0.6) is 0 Å². The maximum atomic E-state index is 8.59. The molecule has 0 aliphatic rings. The minimum Gasteiger partial charge on any atom is 2.00 e. The van der Waals surface area contributed by atoms with Gasteiger partial charge in [0.1, 0.15) is 0 Å². The SMILES string of the molecule is O=[Se](=O)([O-])[O-].[Ni+2]. The summed E-state index contributed by atoms with van der Waals surface area (Å²) >= 11 is -5.75. The summed E-state index contributed by atoms with van der Waals surface area (Å²) in [4.78, 5) is 0. The molecule has 0 radical (unpaired) electrons. The minimum absolute atomic E-state index is 0. The molecule has 0 heterocycles. The van der Waals surface area contributed by atoms with Gasteiger partial charge in [-0.2, -0.15) is 0 Å². The molecule has 0 aromatic heterocycles. The Bertz CT molecular complexity index is 90.7. The standard InChI is InChI=1S/Ni.H2O4Se/c;1-5(2,3)4/h;(H2,1,2,3,4)/q+2;/p-2. The Labute approximate surface area is 46.4 Å². The zero-order valence-corrected chi connectivity index (χ0v) is 5.06. The van der Waals surface area contributed by atoms with Crippen molar-refractivity contribution in [2.75, 3.05) is 0 Å². The summed E-state index contributed by atoms with van der Waals surface area (Å²) < 4.78 is 34.4. The van der Waals surface area contributed by atoms with Gasteiger partial charge in [-0.1, -0.05) is 0 Å². The smallest absolute Gasteiger partial charge is 2.00 e. The summed E-state index contributed by atoms with van der Waals surface area (Å²) in [7, 11) is 0. The van der Waals surface area contributed by atoms with E-state index in [-0.39, 0.29) is 16.5 Å². The van der Waals surface area contributed by atoms with Crippen LogP contribution in [0.3, 0.4) is 0 Å². The van der Waals surface area contributed by atoms with E-state index in [1.165, 1.54) is 0 Å². The molecule has 0 unspecified atom stereocenters. The van der Waals surface area contributed by atoms with Crippen molar-refractivity contribution in [1.82, 2.24) is 0 Å². The topological polar surface area (TPSA) is 80.3 Å². The maximum Gasteiger partial charge on any atom is 2.00 e. The average molecular weight is 202 g/mol. The monoisotopic (exact) mass is 202 g/mol. The molecule has 0 aliphatic heterocycles. The second-order valence-electron chi connectivity index (χ2n) is 0.408. The van der Waals surface area contributed by atoms with Crippen LogP contribution in [-0.2, 0) is 24.2 Å². The van der Waals surface area contributed by atoms with Crippen molar-refractivity contribution in [3.05, 3.63) is 0 Å². The van der Waals surface area contributed by atoms with Crippen LogP contribution in [0.15, 0.2) is 0 Å². The van der Waals surface area contributed by atoms with E-state index in [1.807, 2.05) is 0 Å². The Hall–Kier alpha value is 0.533. The van der Waals surface area contributed by atoms with Gasteiger partial charge in [0.15, 0.2) is 0 Å². The fraction of sp³-hybridized carbons (Fsp3) is 0. The molecular formula is NiO4Se. The molecule has 0 atom stereocenters. The third-order valence-corrected chi connectivity index (χ3v) is 0.